The summed E-state index contributed by atoms with van der Waals surface area (Å²) in [7, 11) is 1.76. The number of carboxylic acid groups (broad SMARTS) is 1. The van der Waals surface area contributed by atoms with Gasteiger partial charge < -0.3 is 10.8 Å². The minimum absolute atomic E-state index is 0.117. The largest absolute Gasteiger partial charge is 0.481 e. The molecule has 4 rings (SSSR count). The van der Waals surface area contributed by atoms with Crippen molar-refractivity contribution < 1.29 is 14.7 Å². The summed E-state index contributed by atoms with van der Waals surface area (Å²) in [4.78, 5) is 27.3. The maximum absolute atomic E-state index is 11.8. The number of H-pyrrole nitrogens is 1. The summed E-state index contributed by atoms with van der Waals surface area (Å²) in [5, 5.41) is 25.7. The van der Waals surface area contributed by atoms with E-state index >= 15 is 0 Å². The van der Waals surface area contributed by atoms with Crippen LogP contribution < -0.4 is 5.73 Å². The fraction of sp³-hybridized carbons (Fsp3) is 0.222. The first-order valence-corrected chi connectivity index (χ1v) is 9.27. The number of aromatic nitrogens is 7. The zero-order valence-electron chi connectivity index (χ0n) is 16.0. The lowest BCUT2D eigenvalue weighted by atomic mass is 10.1. The van der Waals surface area contributed by atoms with Crippen molar-refractivity contribution in [1.82, 2.24) is 34.7 Å². The van der Waals surface area contributed by atoms with E-state index in [9.17, 15) is 9.59 Å². The number of nitrogens with two attached hydrogens (primary N) is 1. The van der Waals surface area contributed by atoms with Gasteiger partial charge in [-0.2, -0.15) is 15.3 Å². The summed E-state index contributed by atoms with van der Waals surface area (Å²) in [6.45, 7) is 1.83. The van der Waals surface area contributed by atoms with Gasteiger partial charge in [0.2, 0.25) is 11.7 Å². The highest BCUT2D eigenvalue weighted by atomic mass is 35.5. The van der Waals surface area contributed by atoms with E-state index in [2.05, 4.69) is 25.4 Å². The molecule has 30 heavy (non-hydrogen) atoms. The Hall–Kier alpha value is -3.73. The second kappa shape index (κ2) is 7.26. The number of halogens is 1. The highest BCUT2D eigenvalue weighted by molar-refractivity contribution is 6.33. The number of nitrogens with one attached hydrogen (secondary N) is 1. The van der Waals surface area contributed by atoms with Gasteiger partial charge in [-0.3, -0.25) is 24.1 Å². The van der Waals surface area contributed by atoms with Crippen molar-refractivity contribution in [3.63, 3.8) is 0 Å². The molecule has 0 aliphatic carbocycles. The first-order valence-electron chi connectivity index (χ1n) is 8.89. The molecule has 12 heteroatoms. The number of carbonyl (C=O) groups excluding carboxylic acids is 1. The Balaban J connectivity index is 1.83. The number of rotatable bonds is 6. The zero-order valence-corrected chi connectivity index (χ0v) is 16.8. The van der Waals surface area contributed by atoms with Gasteiger partial charge >= 0.3 is 5.97 Å². The topological polar surface area (TPSA) is 158 Å². The normalized spacial score (nSPS) is 11.3. The molecule has 3 heterocycles. The number of aromatic amines is 1. The number of hydrogen-bond acceptors (Lipinski definition) is 6. The van der Waals surface area contributed by atoms with Crippen molar-refractivity contribution in [2.24, 2.45) is 12.8 Å². The predicted octanol–water partition coefficient (Wildman–Crippen LogP) is 1.76. The number of aliphatic carboxylic acids is 1. The summed E-state index contributed by atoms with van der Waals surface area (Å²) >= 11 is 6.39. The molecule has 3 aromatic heterocycles. The van der Waals surface area contributed by atoms with E-state index in [1.54, 1.807) is 37.0 Å². The SMILES string of the molecule is Cc1nn(CCC(=O)O)c(-c2n[nH]c(-c3cc(C(N)=O)cc4c3cnn4C)n2)c1Cl. The number of amides is 1. The lowest BCUT2D eigenvalue weighted by Crippen LogP contribution is -2.11. The van der Waals surface area contributed by atoms with Crippen molar-refractivity contribution in [1.29, 1.82) is 0 Å². The highest BCUT2D eigenvalue weighted by Gasteiger charge is 2.22. The minimum Gasteiger partial charge on any atom is -0.481 e. The third-order valence-corrected chi connectivity index (χ3v) is 5.15. The average Bonchev–Trinajstić information content (AvgIpc) is 3.38. The van der Waals surface area contributed by atoms with Crippen molar-refractivity contribution in [2.75, 3.05) is 0 Å². The molecule has 0 saturated carbocycles. The first kappa shape index (κ1) is 19.6. The lowest BCUT2D eigenvalue weighted by Gasteiger charge is -2.04. The quantitative estimate of drug-likeness (QED) is 0.422. The molecule has 0 saturated heterocycles. The summed E-state index contributed by atoms with van der Waals surface area (Å²) < 4.78 is 3.10. The summed E-state index contributed by atoms with van der Waals surface area (Å²) in [6, 6.07) is 3.28. The first-order chi connectivity index (χ1) is 14.3. The second-order valence-electron chi connectivity index (χ2n) is 6.71. The van der Waals surface area contributed by atoms with Crippen LogP contribution in [0.15, 0.2) is 18.3 Å². The molecule has 0 fully saturated rings. The third kappa shape index (κ3) is 3.28. The van der Waals surface area contributed by atoms with E-state index in [1.165, 1.54) is 4.68 Å². The number of aryl methyl sites for hydroxylation is 3. The van der Waals surface area contributed by atoms with Gasteiger partial charge in [-0.1, -0.05) is 11.6 Å². The van der Waals surface area contributed by atoms with Gasteiger partial charge in [-0.05, 0) is 19.1 Å². The molecular formula is C18H17ClN8O3. The molecule has 0 aliphatic heterocycles. The number of carboxylic acids is 1. The highest BCUT2D eigenvalue weighted by Crippen LogP contribution is 2.32. The molecule has 0 spiro atoms. The van der Waals surface area contributed by atoms with Crippen LogP contribution in [0, 0.1) is 6.92 Å². The van der Waals surface area contributed by atoms with Crippen LogP contribution in [0.2, 0.25) is 5.02 Å². The van der Waals surface area contributed by atoms with E-state index in [0.717, 1.165) is 5.39 Å². The molecule has 0 radical (unpaired) electrons. The van der Waals surface area contributed by atoms with Gasteiger partial charge in [0.25, 0.3) is 0 Å². The molecular weight excluding hydrogens is 412 g/mol. The van der Waals surface area contributed by atoms with Crippen LogP contribution in [-0.2, 0) is 18.4 Å². The van der Waals surface area contributed by atoms with Crippen LogP contribution in [0.1, 0.15) is 22.5 Å². The van der Waals surface area contributed by atoms with E-state index in [1.807, 2.05) is 0 Å². The third-order valence-electron chi connectivity index (χ3n) is 4.70. The van der Waals surface area contributed by atoms with Gasteiger partial charge in [0, 0.05) is 23.6 Å². The summed E-state index contributed by atoms with van der Waals surface area (Å²) in [5.41, 5.74) is 8.03. The Morgan fingerprint density at radius 3 is 2.80 bits per heavy atom. The molecule has 0 bridgehead atoms. The molecule has 0 unspecified atom stereocenters. The maximum Gasteiger partial charge on any atom is 0.305 e. The van der Waals surface area contributed by atoms with Crippen molar-refractivity contribution in [3.8, 4) is 22.9 Å². The van der Waals surface area contributed by atoms with E-state index < -0.39 is 11.9 Å². The molecule has 1 aromatic carbocycles. The van der Waals surface area contributed by atoms with E-state index in [0.29, 0.717) is 38.9 Å². The second-order valence-corrected chi connectivity index (χ2v) is 7.09. The monoisotopic (exact) mass is 428 g/mol. The molecule has 4 aromatic rings. The van der Waals surface area contributed by atoms with Gasteiger partial charge in [0.1, 0.15) is 5.69 Å². The average molecular weight is 429 g/mol. The molecule has 4 N–H and O–H groups in total. The fourth-order valence-electron chi connectivity index (χ4n) is 3.21. The van der Waals surface area contributed by atoms with Crippen LogP contribution in [-0.4, -0.2) is 51.7 Å². The van der Waals surface area contributed by atoms with Crippen molar-refractivity contribution in [2.45, 2.75) is 19.9 Å². The lowest BCUT2D eigenvalue weighted by molar-refractivity contribution is -0.137. The molecule has 0 atom stereocenters. The van der Waals surface area contributed by atoms with Gasteiger partial charge in [-0.25, -0.2) is 4.98 Å². The Morgan fingerprint density at radius 1 is 1.33 bits per heavy atom. The number of carbonyl (C=O) groups is 2. The number of nitrogens with zero attached hydrogens (tertiary/aromatic N) is 6. The smallest absolute Gasteiger partial charge is 0.305 e. The van der Waals surface area contributed by atoms with Gasteiger partial charge in [0.05, 0.1) is 35.4 Å². The minimum atomic E-state index is -0.955. The number of benzene rings is 1. The number of hydrogen-bond donors (Lipinski definition) is 3. The Morgan fingerprint density at radius 2 is 2.10 bits per heavy atom. The Labute approximate surface area is 174 Å². The summed E-state index contributed by atoms with van der Waals surface area (Å²) in [5.74, 6) is -0.902. The molecule has 1 amide bonds. The zero-order chi connectivity index (χ0) is 21.6. The van der Waals surface area contributed by atoms with Crippen LogP contribution >= 0.6 is 11.6 Å². The van der Waals surface area contributed by atoms with Gasteiger partial charge in [0.15, 0.2) is 5.82 Å². The Kier molecular flexibility index (Phi) is 4.74. The molecule has 11 nitrogen and oxygen atoms in total. The Bertz CT molecular complexity index is 1300. The molecule has 154 valence electrons. The molecule has 0 aliphatic rings. The summed E-state index contributed by atoms with van der Waals surface area (Å²) in [6.07, 6.45) is 1.53. The van der Waals surface area contributed by atoms with E-state index in [4.69, 9.17) is 22.4 Å². The fourth-order valence-corrected chi connectivity index (χ4v) is 3.43. The predicted molar refractivity (Wildman–Crippen MR) is 108 cm³/mol. The van der Waals surface area contributed by atoms with Crippen LogP contribution in [0.5, 0.6) is 0 Å². The van der Waals surface area contributed by atoms with Gasteiger partial charge in [-0.15, -0.1) is 0 Å². The standard InChI is InChI=1S/C18H17ClN8O3/c1-8-14(19)15(27(25-8)4-3-13(28)29)18-22-17(23-24-18)10-5-9(16(20)30)6-12-11(10)7-21-26(12)2/h5-7H,3-4H2,1-2H3,(H2,20,30)(H,28,29)(H,22,23,24). The number of primary amides is 1. The maximum atomic E-state index is 11.8. The van der Waals surface area contributed by atoms with Crippen molar-refractivity contribution >= 4 is 34.4 Å². The van der Waals surface area contributed by atoms with Crippen LogP contribution in [0.25, 0.3) is 33.8 Å². The van der Waals surface area contributed by atoms with Crippen molar-refractivity contribution in [3.05, 3.63) is 34.6 Å². The number of fused-ring (bicyclic) bond motifs is 1. The van der Waals surface area contributed by atoms with Crippen LogP contribution in [0.3, 0.4) is 0 Å². The van der Waals surface area contributed by atoms with Crippen LogP contribution in [0.4, 0.5) is 0 Å². The van der Waals surface area contributed by atoms with E-state index in [-0.39, 0.29) is 18.8 Å².